The first-order valence-electron chi connectivity index (χ1n) is 12.8. The topological polar surface area (TPSA) is 117 Å². The number of carbonyl (C=O) groups excluding carboxylic acids is 1. The zero-order valence-corrected chi connectivity index (χ0v) is 22.9. The van der Waals surface area contributed by atoms with E-state index in [-0.39, 0.29) is 28.5 Å². The van der Waals surface area contributed by atoms with Gasteiger partial charge in [0.05, 0.1) is 18.4 Å². The number of rotatable bonds is 10. The molecule has 0 radical (unpaired) electrons. The van der Waals surface area contributed by atoms with Gasteiger partial charge in [-0.3, -0.25) is 4.79 Å². The Bertz CT molecular complexity index is 1400. The molecule has 1 amide bonds. The van der Waals surface area contributed by atoms with E-state index in [1.807, 2.05) is 18.6 Å². The van der Waals surface area contributed by atoms with Crippen molar-refractivity contribution >= 4 is 15.9 Å². The molecule has 39 heavy (non-hydrogen) atoms. The lowest BCUT2D eigenvalue weighted by atomic mass is 9.94. The molecule has 4 rings (SSSR count). The van der Waals surface area contributed by atoms with Crippen LogP contribution in [0, 0.1) is 11.7 Å². The molecule has 3 aromatic rings. The monoisotopic (exact) mass is 557 g/mol. The number of nitrogens with zero attached hydrogens (tertiary/aromatic N) is 2. The molecule has 0 saturated heterocycles. The average molecular weight is 558 g/mol. The van der Waals surface area contributed by atoms with Crippen LogP contribution in [-0.2, 0) is 14.8 Å². The van der Waals surface area contributed by atoms with Gasteiger partial charge in [-0.2, -0.15) is 8.42 Å². The molecule has 2 heterocycles. The summed E-state index contributed by atoms with van der Waals surface area (Å²) in [6.45, 7) is 4.39. The Kier molecular flexibility index (Phi) is 9.13. The molecule has 1 saturated carbocycles. The van der Waals surface area contributed by atoms with Crippen LogP contribution < -0.4 is 14.2 Å². The lowest BCUT2D eigenvalue weighted by Crippen LogP contribution is -2.37. The van der Waals surface area contributed by atoms with E-state index in [2.05, 4.69) is 9.97 Å². The van der Waals surface area contributed by atoms with E-state index >= 15 is 0 Å². The first-order valence-corrected chi connectivity index (χ1v) is 14.3. The van der Waals surface area contributed by atoms with Crippen molar-refractivity contribution in [1.29, 1.82) is 0 Å². The van der Waals surface area contributed by atoms with E-state index in [9.17, 15) is 17.6 Å². The number of nitrogens with one attached hydrogen (secondary N) is 1. The minimum atomic E-state index is -4.24. The summed E-state index contributed by atoms with van der Waals surface area (Å²) in [5, 5.41) is -0.300. The number of pyridine rings is 2. The van der Waals surface area contributed by atoms with Crippen LogP contribution in [0.5, 0.6) is 11.6 Å². The van der Waals surface area contributed by atoms with Crippen LogP contribution >= 0.6 is 0 Å². The van der Waals surface area contributed by atoms with Gasteiger partial charge in [-0.05, 0) is 61.6 Å². The highest BCUT2D eigenvalue weighted by Gasteiger charge is 2.30. The fourth-order valence-electron chi connectivity index (χ4n) is 4.27. The number of halogens is 1. The SMILES string of the molecule is COC1CCCCC1Oc1nc(-c2cc(F)cc(OCC(C)C)c2)ccc1C(=O)NS(=O)(=O)c1ccccn1. The molecular weight excluding hydrogens is 525 g/mol. The van der Waals surface area contributed by atoms with Crippen molar-refractivity contribution in [2.75, 3.05) is 13.7 Å². The summed E-state index contributed by atoms with van der Waals surface area (Å²) < 4.78 is 59.5. The highest BCUT2D eigenvalue weighted by atomic mass is 32.2. The second-order valence-electron chi connectivity index (χ2n) is 9.75. The highest BCUT2D eigenvalue weighted by Crippen LogP contribution is 2.31. The molecule has 11 heteroatoms. The van der Waals surface area contributed by atoms with Crippen LogP contribution in [0.2, 0.25) is 0 Å². The zero-order valence-electron chi connectivity index (χ0n) is 22.1. The number of methoxy groups -OCH3 is 1. The van der Waals surface area contributed by atoms with E-state index in [0.29, 0.717) is 30.0 Å². The van der Waals surface area contributed by atoms with Crippen LogP contribution in [-0.4, -0.2) is 50.2 Å². The third-order valence-electron chi connectivity index (χ3n) is 6.20. The van der Waals surface area contributed by atoms with Crippen LogP contribution in [0.1, 0.15) is 49.9 Å². The van der Waals surface area contributed by atoms with E-state index in [1.165, 1.54) is 42.6 Å². The van der Waals surface area contributed by atoms with Gasteiger partial charge in [-0.15, -0.1) is 0 Å². The molecule has 0 aliphatic heterocycles. The number of ether oxygens (including phenoxy) is 3. The van der Waals surface area contributed by atoms with Gasteiger partial charge in [0, 0.05) is 24.9 Å². The van der Waals surface area contributed by atoms with Crippen molar-refractivity contribution in [2.45, 2.75) is 56.8 Å². The number of carbonyl (C=O) groups is 1. The van der Waals surface area contributed by atoms with Gasteiger partial charge in [-0.25, -0.2) is 19.1 Å². The van der Waals surface area contributed by atoms with Crippen molar-refractivity contribution in [1.82, 2.24) is 14.7 Å². The van der Waals surface area contributed by atoms with Crippen molar-refractivity contribution < 1.29 is 31.8 Å². The van der Waals surface area contributed by atoms with Crippen LogP contribution in [0.3, 0.4) is 0 Å². The van der Waals surface area contributed by atoms with Gasteiger partial charge in [-0.1, -0.05) is 26.3 Å². The maximum absolute atomic E-state index is 14.5. The number of hydrogen-bond donors (Lipinski definition) is 1. The Morgan fingerprint density at radius 2 is 1.87 bits per heavy atom. The van der Waals surface area contributed by atoms with Crippen molar-refractivity contribution in [2.24, 2.45) is 5.92 Å². The van der Waals surface area contributed by atoms with Crippen molar-refractivity contribution in [3.63, 3.8) is 0 Å². The molecule has 1 aromatic carbocycles. The van der Waals surface area contributed by atoms with Gasteiger partial charge < -0.3 is 14.2 Å². The molecule has 208 valence electrons. The summed E-state index contributed by atoms with van der Waals surface area (Å²) in [7, 11) is -2.65. The van der Waals surface area contributed by atoms with Crippen LogP contribution in [0.4, 0.5) is 4.39 Å². The summed E-state index contributed by atoms with van der Waals surface area (Å²) in [6.07, 6.45) is 4.02. The lowest BCUT2D eigenvalue weighted by molar-refractivity contribution is -0.0249. The van der Waals surface area contributed by atoms with Gasteiger partial charge in [0.15, 0.2) is 5.03 Å². The quantitative estimate of drug-likeness (QED) is 0.379. The Balaban J connectivity index is 1.70. The summed E-state index contributed by atoms with van der Waals surface area (Å²) in [4.78, 5) is 21.6. The zero-order chi connectivity index (χ0) is 28.0. The third kappa shape index (κ3) is 7.30. The minimum Gasteiger partial charge on any atom is -0.493 e. The predicted molar refractivity (Wildman–Crippen MR) is 143 cm³/mol. The number of aromatic nitrogens is 2. The summed E-state index contributed by atoms with van der Waals surface area (Å²) >= 11 is 0. The number of sulfonamides is 1. The number of hydrogen-bond acceptors (Lipinski definition) is 8. The van der Waals surface area contributed by atoms with Crippen LogP contribution in [0.25, 0.3) is 11.3 Å². The fraction of sp³-hybridized carbons (Fsp3) is 0.393. The van der Waals surface area contributed by atoms with E-state index in [0.717, 1.165) is 19.3 Å². The fourth-order valence-corrected chi connectivity index (χ4v) is 5.18. The molecule has 1 aliphatic rings. The third-order valence-corrected chi connectivity index (χ3v) is 7.45. The molecule has 1 N–H and O–H groups in total. The molecule has 2 aromatic heterocycles. The Morgan fingerprint density at radius 1 is 1.10 bits per heavy atom. The molecule has 9 nitrogen and oxygen atoms in total. The first kappa shape index (κ1) is 28.4. The molecule has 0 spiro atoms. The van der Waals surface area contributed by atoms with E-state index in [4.69, 9.17) is 14.2 Å². The Labute approximate surface area is 227 Å². The number of benzene rings is 1. The molecule has 0 bridgehead atoms. The molecule has 2 unspecified atom stereocenters. The molecular formula is C28H32FN3O6S. The summed E-state index contributed by atoms with van der Waals surface area (Å²) in [5.74, 6) is -0.925. The maximum Gasteiger partial charge on any atom is 0.281 e. The average Bonchev–Trinajstić information content (AvgIpc) is 2.92. The predicted octanol–water partition coefficient (Wildman–Crippen LogP) is 4.77. The summed E-state index contributed by atoms with van der Waals surface area (Å²) in [5.41, 5.74) is 0.651. The second kappa shape index (κ2) is 12.5. The standard InChI is InChI=1S/C28H32FN3O6S/c1-18(2)17-37-21-15-19(14-20(29)16-21)23-12-11-22(27(33)32-39(34,35)26-10-6-7-13-30-26)28(31-23)38-25-9-5-4-8-24(25)36-3/h6-7,10-16,18,24-25H,4-5,8-9,17H2,1-3H3,(H,32,33). The largest absolute Gasteiger partial charge is 0.493 e. The van der Waals surface area contributed by atoms with Gasteiger partial charge in [0.25, 0.3) is 15.9 Å². The Hall–Kier alpha value is -3.57. The normalized spacial score (nSPS) is 17.6. The first-order chi connectivity index (χ1) is 18.7. The van der Waals surface area contributed by atoms with Gasteiger partial charge >= 0.3 is 0 Å². The maximum atomic E-state index is 14.5. The molecule has 1 fully saturated rings. The van der Waals surface area contributed by atoms with Crippen molar-refractivity contribution in [3.05, 3.63) is 66.1 Å². The molecule has 2 atom stereocenters. The van der Waals surface area contributed by atoms with Gasteiger partial charge in [0.1, 0.15) is 23.2 Å². The van der Waals surface area contributed by atoms with Gasteiger partial charge in [0.2, 0.25) is 5.88 Å². The van der Waals surface area contributed by atoms with Crippen LogP contribution in [0.15, 0.2) is 59.8 Å². The Morgan fingerprint density at radius 3 is 2.56 bits per heavy atom. The van der Waals surface area contributed by atoms with Crippen molar-refractivity contribution in [3.8, 4) is 22.9 Å². The lowest BCUT2D eigenvalue weighted by Gasteiger charge is -2.30. The molecule has 1 aliphatic carbocycles. The number of amides is 1. The second-order valence-corrected chi connectivity index (χ2v) is 11.4. The highest BCUT2D eigenvalue weighted by molar-refractivity contribution is 7.90. The van der Waals surface area contributed by atoms with E-state index < -0.39 is 27.9 Å². The minimum absolute atomic E-state index is 0.0796. The van der Waals surface area contributed by atoms with E-state index in [1.54, 1.807) is 19.2 Å². The smallest absolute Gasteiger partial charge is 0.281 e. The summed E-state index contributed by atoms with van der Waals surface area (Å²) in [6, 6.07) is 11.5.